The van der Waals surface area contributed by atoms with Crippen LogP contribution in [0, 0.1) is 0 Å². The number of hydrogen-bond acceptors (Lipinski definition) is 4. The lowest BCUT2D eigenvalue weighted by atomic mass is 9.85. The Morgan fingerprint density at radius 3 is 2.28 bits per heavy atom. The van der Waals surface area contributed by atoms with Gasteiger partial charge in [0.1, 0.15) is 5.69 Å². The molecule has 0 amide bonds. The molecule has 0 saturated carbocycles. The van der Waals surface area contributed by atoms with Gasteiger partial charge in [-0.25, -0.2) is 4.79 Å². The highest BCUT2D eigenvalue weighted by molar-refractivity contribution is 6.61. The van der Waals surface area contributed by atoms with E-state index in [0.717, 1.165) is 0 Å². The first-order valence-electron chi connectivity index (χ1n) is 5.90. The molecule has 98 valence electrons. The first-order valence-corrected chi connectivity index (χ1v) is 5.90. The number of rotatable bonds is 2. The number of methoxy groups -OCH3 is 1. The molecule has 18 heavy (non-hydrogen) atoms. The summed E-state index contributed by atoms with van der Waals surface area (Å²) in [6, 6.07) is 3.43. The van der Waals surface area contributed by atoms with Crippen molar-refractivity contribution < 1.29 is 18.8 Å². The fraction of sp³-hybridized carbons (Fsp3) is 0.583. The lowest BCUT2D eigenvalue weighted by molar-refractivity contribution is 0.00578. The molecule has 6 heteroatoms. The second-order valence-electron chi connectivity index (χ2n) is 5.41. The van der Waals surface area contributed by atoms with E-state index in [-0.39, 0.29) is 0 Å². The van der Waals surface area contributed by atoms with Crippen molar-refractivity contribution in [1.29, 1.82) is 0 Å². The van der Waals surface area contributed by atoms with Gasteiger partial charge in [-0.1, -0.05) is 0 Å². The molecule has 2 rings (SSSR count). The van der Waals surface area contributed by atoms with E-state index < -0.39 is 24.3 Å². The Bertz CT molecular complexity index is 450. The Balaban J connectivity index is 2.20. The SMILES string of the molecule is COC(=O)c1ccc(B2OC(C)(C)C(C)(C)O2)[nH]1. The van der Waals surface area contributed by atoms with E-state index in [1.807, 2.05) is 27.7 Å². The van der Waals surface area contributed by atoms with Crippen LogP contribution in [0.15, 0.2) is 12.1 Å². The van der Waals surface area contributed by atoms with E-state index in [9.17, 15) is 4.79 Å². The number of ether oxygens (including phenoxy) is 1. The van der Waals surface area contributed by atoms with Crippen molar-refractivity contribution in [2.24, 2.45) is 0 Å². The zero-order chi connectivity index (χ0) is 13.6. The highest BCUT2D eigenvalue weighted by atomic mass is 16.7. The molecular weight excluding hydrogens is 233 g/mol. The minimum Gasteiger partial charge on any atom is -0.464 e. The lowest BCUT2D eigenvalue weighted by Gasteiger charge is -2.32. The standard InChI is InChI=1S/C12H18BNO4/c1-11(2)12(3,4)18-13(17-11)9-7-6-8(14-9)10(15)16-5/h6-7,14H,1-5H3. The van der Waals surface area contributed by atoms with Crippen LogP contribution in [0.25, 0.3) is 0 Å². The predicted octanol–water partition coefficient (Wildman–Crippen LogP) is 1.10. The Hall–Kier alpha value is -1.27. The van der Waals surface area contributed by atoms with Gasteiger partial charge in [-0.2, -0.15) is 0 Å². The van der Waals surface area contributed by atoms with Gasteiger partial charge < -0.3 is 19.0 Å². The van der Waals surface area contributed by atoms with Gasteiger partial charge in [0.05, 0.1) is 18.3 Å². The number of H-pyrrole nitrogens is 1. The van der Waals surface area contributed by atoms with E-state index in [2.05, 4.69) is 9.72 Å². The van der Waals surface area contributed by atoms with Crippen LogP contribution in [0.2, 0.25) is 0 Å². The quantitative estimate of drug-likeness (QED) is 0.631. The Morgan fingerprint density at radius 2 is 1.78 bits per heavy atom. The van der Waals surface area contributed by atoms with E-state index in [1.165, 1.54) is 7.11 Å². The fourth-order valence-electron chi connectivity index (χ4n) is 1.75. The third-order valence-electron chi connectivity index (χ3n) is 3.62. The predicted molar refractivity (Wildman–Crippen MR) is 67.8 cm³/mol. The van der Waals surface area contributed by atoms with Gasteiger partial charge in [0, 0.05) is 5.59 Å². The maximum Gasteiger partial charge on any atom is 0.512 e. The summed E-state index contributed by atoms with van der Waals surface area (Å²) in [6.07, 6.45) is 0. The highest BCUT2D eigenvalue weighted by Crippen LogP contribution is 2.36. The van der Waals surface area contributed by atoms with Gasteiger partial charge in [-0.15, -0.1) is 0 Å². The average molecular weight is 251 g/mol. The molecule has 5 nitrogen and oxygen atoms in total. The summed E-state index contributed by atoms with van der Waals surface area (Å²) in [5.41, 5.74) is 0.318. The largest absolute Gasteiger partial charge is 0.512 e. The summed E-state index contributed by atoms with van der Waals surface area (Å²) in [5.74, 6) is -0.405. The molecule has 0 radical (unpaired) electrons. The van der Waals surface area contributed by atoms with Crippen LogP contribution in [0.5, 0.6) is 0 Å². The molecule has 0 aliphatic carbocycles. The molecule has 1 aromatic rings. The van der Waals surface area contributed by atoms with Crippen molar-refractivity contribution in [1.82, 2.24) is 4.98 Å². The van der Waals surface area contributed by atoms with Gasteiger partial charge in [0.2, 0.25) is 0 Å². The van der Waals surface area contributed by atoms with Crippen LogP contribution < -0.4 is 5.59 Å². The molecule has 1 N–H and O–H groups in total. The van der Waals surface area contributed by atoms with Gasteiger partial charge in [0.15, 0.2) is 0 Å². The second kappa shape index (κ2) is 4.14. The number of carbonyl (C=O) groups excluding carboxylic acids is 1. The number of hydrogen-bond donors (Lipinski definition) is 1. The molecule has 0 atom stereocenters. The second-order valence-corrected chi connectivity index (χ2v) is 5.41. The molecule has 2 heterocycles. The summed E-state index contributed by atoms with van der Waals surface area (Å²) in [5, 5.41) is 0. The molecule has 1 aromatic heterocycles. The summed E-state index contributed by atoms with van der Waals surface area (Å²) >= 11 is 0. The number of nitrogens with one attached hydrogen (secondary N) is 1. The Kier molecular flexibility index (Phi) is 3.03. The van der Waals surface area contributed by atoms with Crippen LogP contribution in [-0.4, -0.2) is 36.4 Å². The fourth-order valence-corrected chi connectivity index (χ4v) is 1.75. The maximum atomic E-state index is 11.4. The van der Waals surface area contributed by atoms with Crippen molar-refractivity contribution in [2.45, 2.75) is 38.9 Å². The third-order valence-corrected chi connectivity index (χ3v) is 3.62. The summed E-state index contributed by atoms with van der Waals surface area (Å²) in [4.78, 5) is 14.3. The minimum absolute atomic E-state index is 0.391. The van der Waals surface area contributed by atoms with Crippen molar-refractivity contribution in [3.63, 3.8) is 0 Å². The van der Waals surface area contributed by atoms with Gasteiger partial charge in [-0.05, 0) is 39.8 Å². The van der Waals surface area contributed by atoms with E-state index in [0.29, 0.717) is 11.3 Å². The van der Waals surface area contributed by atoms with Gasteiger partial charge >= 0.3 is 13.1 Å². The van der Waals surface area contributed by atoms with Crippen molar-refractivity contribution in [3.8, 4) is 0 Å². The molecule has 0 aromatic carbocycles. The van der Waals surface area contributed by atoms with Crippen LogP contribution in [0.1, 0.15) is 38.2 Å². The van der Waals surface area contributed by atoms with Crippen molar-refractivity contribution in [2.75, 3.05) is 7.11 Å². The minimum atomic E-state index is -0.492. The van der Waals surface area contributed by atoms with E-state index in [1.54, 1.807) is 12.1 Å². The molecule has 1 aliphatic rings. The number of esters is 1. The molecule has 1 fully saturated rings. The average Bonchev–Trinajstić information content (AvgIpc) is 2.82. The smallest absolute Gasteiger partial charge is 0.464 e. The molecule has 1 aliphatic heterocycles. The molecular formula is C12H18BNO4. The first kappa shape index (κ1) is 13.2. The maximum absolute atomic E-state index is 11.4. The Morgan fingerprint density at radius 1 is 1.22 bits per heavy atom. The van der Waals surface area contributed by atoms with Crippen LogP contribution in [0.4, 0.5) is 0 Å². The van der Waals surface area contributed by atoms with E-state index >= 15 is 0 Å². The summed E-state index contributed by atoms with van der Waals surface area (Å²) in [6.45, 7) is 7.93. The zero-order valence-electron chi connectivity index (χ0n) is 11.4. The number of carbonyl (C=O) groups is 1. The van der Waals surface area contributed by atoms with Gasteiger partial charge in [0.25, 0.3) is 0 Å². The molecule has 0 bridgehead atoms. The summed E-state index contributed by atoms with van der Waals surface area (Å²) in [7, 11) is 0.853. The highest BCUT2D eigenvalue weighted by Gasteiger charge is 2.52. The van der Waals surface area contributed by atoms with Crippen molar-refractivity contribution in [3.05, 3.63) is 17.8 Å². The van der Waals surface area contributed by atoms with Crippen LogP contribution in [-0.2, 0) is 14.0 Å². The van der Waals surface area contributed by atoms with E-state index in [4.69, 9.17) is 9.31 Å². The number of aromatic nitrogens is 1. The van der Waals surface area contributed by atoms with Crippen LogP contribution >= 0.6 is 0 Å². The lowest BCUT2D eigenvalue weighted by Crippen LogP contribution is -2.41. The molecule has 0 spiro atoms. The van der Waals surface area contributed by atoms with Gasteiger partial charge in [-0.3, -0.25) is 0 Å². The normalized spacial score (nSPS) is 21.1. The first-order chi connectivity index (χ1) is 8.27. The molecule has 1 saturated heterocycles. The third kappa shape index (κ3) is 2.06. The summed E-state index contributed by atoms with van der Waals surface area (Å²) < 4.78 is 16.4. The Labute approximate surface area is 107 Å². The topological polar surface area (TPSA) is 60.6 Å². The monoisotopic (exact) mass is 251 g/mol. The zero-order valence-corrected chi connectivity index (χ0v) is 11.4. The molecule has 0 unspecified atom stereocenters. The number of aromatic amines is 1. The van der Waals surface area contributed by atoms with Crippen LogP contribution in [0.3, 0.4) is 0 Å². The van der Waals surface area contributed by atoms with Crippen molar-refractivity contribution >= 4 is 18.7 Å².